The van der Waals surface area contributed by atoms with E-state index in [1.165, 1.54) is 28.2 Å². The Balaban J connectivity index is 0.789. The van der Waals surface area contributed by atoms with Gasteiger partial charge in [-0.25, -0.2) is 15.1 Å². The fraction of sp³-hybridized carbons (Fsp3) is 0.575. The number of carbonyl (C=O) groups is 3. The van der Waals surface area contributed by atoms with Crippen molar-refractivity contribution in [2.45, 2.75) is 76.0 Å². The van der Waals surface area contributed by atoms with Crippen molar-refractivity contribution >= 4 is 44.9 Å². The van der Waals surface area contributed by atoms with Gasteiger partial charge in [-0.3, -0.25) is 23.5 Å². The van der Waals surface area contributed by atoms with Crippen molar-refractivity contribution in [2.75, 3.05) is 58.0 Å². The standard InChI is InChI=1S/C40H53N7O9S/c41-57(51,52)56-25-30-22-31(46-15-13-33-39(43-26-44-40(33)46)45-34-10-9-29-3-1-2-4-32(29)34)23-35(30)55-20-19-54-18-17-53-16-14-42-36(48)21-27-5-7-28(8-6-27)24-47-37(49)11-12-38(47)50/h1-4,11-13,15,26-28,30-31,34-35H,5-10,14,16-25H2,(H,42,48)(H2,41,51,52)(H,43,44,45)/t27-,28-,30-,31+,34-,35-/m0/s1. The van der Waals surface area contributed by atoms with Crippen molar-refractivity contribution in [2.24, 2.45) is 22.9 Å². The van der Waals surface area contributed by atoms with Crippen molar-refractivity contribution in [1.82, 2.24) is 24.8 Å². The predicted molar refractivity (Wildman–Crippen MR) is 210 cm³/mol. The summed E-state index contributed by atoms with van der Waals surface area (Å²) in [4.78, 5) is 46.7. The highest BCUT2D eigenvalue weighted by atomic mass is 32.2. The molecule has 0 spiro atoms. The number of aryl methyl sites for hydroxylation is 1. The molecule has 4 N–H and O–H groups in total. The lowest BCUT2D eigenvalue weighted by molar-refractivity contribution is -0.137. The Kier molecular flexibility index (Phi) is 13.6. The molecule has 7 rings (SSSR count). The average molecular weight is 808 g/mol. The number of hydrogen-bond donors (Lipinski definition) is 3. The number of ether oxygens (including phenoxy) is 3. The largest absolute Gasteiger partial charge is 0.377 e. The minimum atomic E-state index is -4.11. The summed E-state index contributed by atoms with van der Waals surface area (Å²) in [6.45, 7) is 2.49. The lowest BCUT2D eigenvalue weighted by atomic mass is 9.80. The molecule has 308 valence electrons. The second-order valence-electron chi connectivity index (χ2n) is 15.5. The Morgan fingerprint density at radius 1 is 0.895 bits per heavy atom. The fourth-order valence-electron chi connectivity index (χ4n) is 8.76. The van der Waals surface area contributed by atoms with Gasteiger partial charge in [0.05, 0.1) is 57.2 Å². The number of rotatable bonds is 20. The number of amides is 3. The van der Waals surface area contributed by atoms with E-state index in [9.17, 15) is 22.8 Å². The quantitative estimate of drug-likeness (QED) is 0.111. The Labute approximate surface area is 333 Å². The summed E-state index contributed by atoms with van der Waals surface area (Å²) in [7, 11) is -4.11. The second kappa shape index (κ2) is 19.0. The van der Waals surface area contributed by atoms with E-state index in [0.717, 1.165) is 55.4 Å². The lowest BCUT2D eigenvalue weighted by Crippen LogP contribution is -2.36. The van der Waals surface area contributed by atoms with Crippen LogP contribution in [0.3, 0.4) is 0 Å². The van der Waals surface area contributed by atoms with Crippen molar-refractivity contribution in [1.29, 1.82) is 0 Å². The Hall–Kier alpha value is -4.26. The van der Waals surface area contributed by atoms with Crippen molar-refractivity contribution in [3.05, 3.63) is 66.1 Å². The fourth-order valence-corrected chi connectivity index (χ4v) is 9.13. The Morgan fingerprint density at radius 3 is 2.42 bits per heavy atom. The molecule has 0 unspecified atom stereocenters. The molecule has 3 aliphatic carbocycles. The van der Waals surface area contributed by atoms with Crippen LogP contribution in [0.2, 0.25) is 0 Å². The smallest absolute Gasteiger partial charge is 0.333 e. The molecule has 16 nitrogen and oxygen atoms in total. The van der Waals surface area contributed by atoms with E-state index in [1.54, 1.807) is 6.33 Å². The number of nitrogens with zero attached hydrogens (tertiary/aromatic N) is 4. The van der Waals surface area contributed by atoms with Gasteiger partial charge in [-0.15, -0.1) is 0 Å². The van der Waals surface area contributed by atoms with Gasteiger partial charge in [0.25, 0.3) is 11.8 Å². The highest BCUT2D eigenvalue weighted by Crippen LogP contribution is 2.40. The number of aromatic nitrogens is 3. The van der Waals surface area contributed by atoms with Crippen LogP contribution >= 0.6 is 0 Å². The summed E-state index contributed by atoms with van der Waals surface area (Å²) in [5.74, 6) is 0.667. The van der Waals surface area contributed by atoms with Crippen LogP contribution in [0.1, 0.15) is 74.6 Å². The van der Waals surface area contributed by atoms with Crippen LogP contribution in [-0.4, -0.2) is 104 Å². The third-order valence-electron chi connectivity index (χ3n) is 11.7. The molecule has 57 heavy (non-hydrogen) atoms. The number of nitrogens with one attached hydrogen (secondary N) is 2. The molecular weight excluding hydrogens is 755 g/mol. The van der Waals surface area contributed by atoms with E-state index in [-0.39, 0.29) is 54.4 Å². The van der Waals surface area contributed by atoms with Gasteiger partial charge in [0.2, 0.25) is 5.91 Å². The highest BCUT2D eigenvalue weighted by Gasteiger charge is 2.38. The molecular formula is C40H53N7O9S. The van der Waals surface area contributed by atoms with E-state index in [1.807, 2.05) is 12.3 Å². The first-order chi connectivity index (χ1) is 27.6. The van der Waals surface area contributed by atoms with Gasteiger partial charge in [-0.05, 0) is 80.4 Å². The molecule has 4 aliphatic rings. The first-order valence-electron chi connectivity index (χ1n) is 20.0. The van der Waals surface area contributed by atoms with Crippen molar-refractivity contribution in [3.8, 4) is 0 Å². The van der Waals surface area contributed by atoms with E-state index in [2.05, 4.69) is 49.4 Å². The second-order valence-corrected chi connectivity index (χ2v) is 16.7. The summed E-state index contributed by atoms with van der Waals surface area (Å²) in [6, 6.07) is 10.7. The average Bonchev–Trinajstić information content (AvgIpc) is 3.99. The van der Waals surface area contributed by atoms with E-state index in [4.69, 9.17) is 23.5 Å². The summed E-state index contributed by atoms with van der Waals surface area (Å²) >= 11 is 0. The molecule has 1 aromatic carbocycles. The molecule has 0 bridgehead atoms. The molecule has 4 atom stereocenters. The summed E-state index contributed by atoms with van der Waals surface area (Å²) in [5.41, 5.74) is 3.45. The monoisotopic (exact) mass is 807 g/mol. The number of imide groups is 1. The normalized spacial score (nSPS) is 24.8. The number of carbonyl (C=O) groups excluding carboxylic acids is 3. The van der Waals surface area contributed by atoms with Crippen LogP contribution in [0, 0.1) is 17.8 Å². The van der Waals surface area contributed by atoms with Crippen molar-refractivity contribution < 1.29 is 41.2 Å². The van der Waals surface area contributed by atoms with E-state index < -0.39 is 10.3 Å². The maximum absolute atomic E-state index is 12.5. The predicted octanol–water partition coefficient (Wildman–Crippen LogP) is 3.36. The van der Waals surface area contributed by atoms with Crippen LogP contribution < -0.4 is 15.8 Å². The van der Waals surface area contributed by atoms with E-state index in [0.29, 0.717) is 71.3 Å². The number of hydrogen-bond acceptors (Lipinski definition) is 12. The number of benzene rings is 1. The third-order valence-corrected chi connectivity index (χ3v) is 12.1. The van der Waals surface area contributed by atoms with Gasteiger partial charge in [-0.1, -0.05) is 24.3 Å². The van der Waals surface area contributed by atoms with Gasteiger partial charge in [-0.2, -0.15) is 8.42 Å². The zero-order valence-corrected chi connectivity index (χ0v) is 32.9. The number of nitrogens with two attached hydrogens (primary N) is 1. The first-order valence-corrected chi connectivity index (χ1v) is 21.5. The van der Waals surface area contributed by atoms with Crippen molar-refractivity contribution in [3.63, 3.8) is 0 Å². The Bertz CT molecular complexity index is 2000. The summed E-state index contributed by atoms with van der Waals surface area (Å²) < 4.78 is 48.0. The van der Waals surface area contributed by atoms with Gasteiger partial charge in [0.1, 0.15) is 17.8 Å². The molecule has 3 aromatic rings. The molecule has 17 heteroatoms. The molecule has 2 aromatic heterocycles. The van der Waals surface area contributed by atoms with Crippen LogP contribution in [0.4, 0.5) is 5.82 Å². The Morgan fingerprint density at radius 2 is 1.63 bits per heavy atom. The lowest BCUT2D eigenvalue weighted by Gasteiger charge is -2.30. The summed E-state index contributed by atoms with van der Waals surface area (Å²) in [5, 5.41) is 12.7. The van der Waals surface area contributed by atoms with E-state index >= 15 is 0 Å². The van der Waals surface area contributed by atoms with Crippen LogP contribution in [0.5, 0.6) is 0 Å². The van der Waals surface area contributed by atoms with Crippen LogP contribution in [0.25, 0.3) is 11.0 Å². The van der Waals surface area contributed by atoms with Gasteiger partial charge >= 0.3 is 10.3 Å². The molecule has 0 radical (unpaired) electrons. The number of anilines is 1. The highest BCUT2D eigenvalue weighted by molar-refractivity contribution is 7.84. The van der Waals surface area contributed by atoms with Crippen LogP contribution in [-0.2, 0) is 49.5 Å². The summed E-state index contributed by atoms with van der Waals surface area (Å²) in [6.07, 6.45) is 13.2. The van der Waals surface area contributed by atoms with Crippen LogP contribution in [0.15, 0.2) is 55.0 Å². The third kappa shape index (κ3) is 10.8. The molecule has 2 fully saturated rings. The van der Waals surface area contributed by atoms with Gasteiger partial charge in [0.15, 0.2) is 0 Å². The maximum atomic E-state index is 12.5. The maximum Gasteiger partial charge on any atom is 0.333 e. The minimum Gasteiger partial charge on any atom is -0.377 e. The topological polar surface area (TPSA) is 206 Å². The van der Waals surface area contributed by atoms with Gasteiger partial charge < -0.3 is 29.4 Å². The molecule has 1 aliphatic heterocycles. The molecule has 0 saturated heterocycles. The molecule has 3 heterocycles. The zero-order chi connectivity index (χ0) is 39.8. The first kappa shape index (κ1) is 40.9. The molecule has 2 saturated carbocycles. The molecule has 3 amide bonds. The SMILES string of the molecule is NS(=O)(=O)OC[C@@H]1C[C@@H](n2ccc3c(N[C@H]4CCc5ccccc54)ncnc32)C[C@@H]1OCCOCCOCCNC(=O)C[C@H]1CC[C@H](CN2C(=O)C=CC2=O)CC1. The minimum absolute atomic E-state index is 0.00253. The zero-order valence-electron chi connectivity index (χ0n) is 32.1. The number of fused-ring (bicyclic) bond motifs is 2. The van der Waals surface area contributed by atoms with Gasteiger partial charge in [0, 0.05) is 49.8 Å².